The molecule has 2 heterocycles. The predicted molar refractivity (Wildman–Crippen MR) is 99.0 cm³/mol. The van der Waals surface area contributed by atoms with Crippen LogP contribution in [-0.2, 0) is 19.4 Å². The lowest BCUT2D eigenvalue weighted by Crippen LogP contribution is -2.14. The number of methoxy groups -OCH3 is 1. The average Bonchev–Trinajstić information content (AvgIpc) is 2.95. The summed E-state index contributed by atoms with van der Waals surface area (Å²) < 4.78 is 8.41. The Morgan fingerprint density at radius 3 is 2.71 bits per heavy atom. The standard InChI is InChI=1S/C19H19BrN2O2/c1-24-13-8-6-12(7-9-13)11-22-16-5-3-2-4-14(16)17-15(20)10-21-19(23)18(17)22/h6-10H,2-5,11H2,1H3,(H,21,23). The Bertz CT molecular complexity index is 954. The van der Waals surface area contributed by atoms with E-state index < -0.39 is 0 Å². The molecule has 0 saturated carbocycles. The maximum Gasteiger partial charge on any atom is 0.272 e. The number of hydrogen-bond donors (Lipinski definition) is 1. The molecule has 0 spiro atoms. The number of nitrogens with one attached hydrogen (secondary N) is 1. The molecule has 4 rings (SSSR count). The van der Waals surface area contributed by atoms with Crippen LogP contribution in [0.4, 0.5) is 0 Å². The number of nitrogens with zero attached hydrogens (tertiary/aromatic N) is 1. The fraction of sp³-hybridized carbons (Fsp3) is 0.316. The summed E-state index contributed by atoms with van der Waals surface area (Å²) in [5.41, 5.74) is 4.58. The van der Waals surface area contributed by atoms with Gasteiger partial charge in [-0.1, -0.05) is 12.1 Å². The van der Waals surface area contributed by atoms with Gasteiger partial charge in [0.1, 0.15) is 11.3 Å². The molecular formula is C19H19BrN2O2. The first-order valence-electron chi connectivity index (χ1n) is 8.23. The second kappa shape index (κ2) is 6.13. The van der Waals surface area contributed by atoms with E-state index in [0.717, 1.165) is 34.0 Å². The highest BCUT2D eigenvalue weighted by Gasteiger charge is 2.23. The molecule has 0 aliphatic heterocycles. The van der Waals surface area contributed by atoms with E-state index in [1.165, 1.54) is 29.7 Å². The van der Waals surface area contributed by atoms with Crippen LogP contribution in [0, 0.1) is 0 Å². The van der Waals surface area contributed by atoms with Gasteiger partial charge in [-0.15, -0.1) is 0 Å². The zero-order valence-corrected chi connectivity index (χ0v) is 15.1. The monoisotopic (exact) mass is 386 g/mol. The Hall–Kier alpha value is -2.01. The summed E-state index contributed by atoms with van der Waals surface area (Å²) >= 11 is 3.63. The molecule has 0 saturated heterocycles. The van der Waals surface area contributed by atoms with Crippen LogP contribution in [0.25, 0.3) is 10.9 Å². The van der Waals surface area contributed by atoms with Gasteiger partial charge < -0.3 is 14.3 Å². The van der Waals surface area contributed by atoms with Crippen LogP contribution in [0.2, 0.25) is 0 Å². The summed E-state index contributed by atoms with van der Waals surface area (Å²) in [6.07, 6.45) is 6.21. The number of halogens is 1. The molecule has 1 N–H and O–H groups in total. The third-order valence-corrected chi connectivity index (χ3v) is 5.48. The number of fused-ring (bicyclic) bond motifs is 3. The van der Waals surface area contributed by atoms with Crippen molar-refractivity contribution in [2.75, 3.05) is 7.11 Å². The van der Waals surface area contributed by atoms with Gasteiger partial charge in [0, 0.05) is 28.3 Å². The van der Waals surface area contributed by atoms with Gasteiger partial charge in [-0.25, -0.2) is 0 Å². The number of aryl methyl sites for hydroxylation is 1. The highest BCUT2D eigenvalue weighted by Crippen LogP contribution is 2.35. The maximum atomic E-state index is 12.5. The third-order valence-electron chi connectivity index (χ3n) is 4.86. The molecule has 0 fully saturated rings. The number of H-pyrrole nitrogens is 1. The predicted octanol–water partition coefficient (Wildman–Crippen LogP) is 4.03. The fourth-order valence-electron chi connectivity index (χ4n) is 3.72. The molecule has 0 amide bonds. The molecule has 0 unspecified atom stereocenters. The van der Waals surface area contributed by atoms with Gasteiger partial charge >= 0.3 is 0 Å². The van der Waals surface area contributed by atoms with Crippen LogP contribution in [0.1, 0.15) is 29.7 Å². The highest BCUT2D eigenvalue weighted by molar-refractivity contribution is 9.10. The largest absolute Gasteiger partial charge is 0.497 e. The van der Waals surface area contributed by atoms with Gasteiger partial charge in [0.2, 0.25) is 0 Å². The van der Waals surface area contributed by atoms with Gasteiger partial charge in [-0.05, 0) is 64.9 Å². The van der Waals surface area contributed by atoms with Crippen LogP contribution in [0.3, 0.4) is 0 Å². The van der Waals surface area contributed by atoms with E-state index in [9.17, 15) is 4.79 Å². The van der Waals surface area contributed by atoms with Crippen molar-refractivity contribution < 1.29 is 4.74 Å². The van der Waals surface area contributed by atoms with Crippen molar-refractivity contribution in [3.63, 3.8) is 0 Å². The first-order chi connectivity index (χ1) is 11.7. The molecule has 3 aromatic rings. The minimum atomic E-state index is -0.0175. The van der Waals surface area contributed by atoms with Crippen LogP contribution < -0.4 is 10.3 Å². The lowest BCUT2D eigenvalue weighted by Gasteiger charge is -2.16. The zero-order valence-electron chi connectivity index (χ0n) is 13.6. The van der Waals surface area contributed by atoms with Crippen LogP contribution in [0.15, 0.2) is 39.7 Å². The van der Waals surface area contributed by atoms with Gasteiger partial charge in [0.05, 0.1) is 7.11 Å². The molecule has 124 valence electrons. The molecule has 0 radical (unpaired) electrons. The lowest BCUT2D eigenvalue weighted by molar-refractivity contribution is 0.414. The van der Waals surface area contributed by atoms with E-state index in [0.29, 0.717) is 6.54 Å². The van der Waals surface area contributed by atoms with Gasteiger partial charge in [0.25, 0.3) is 5.56 Å². The zero-order chi connectivity index (χ0) is 16.7. The molecule has 1 aliphatic rings. The topological polar surface area (TPSA) is 47.0 Å². The quantitative estimate of drug-likeness (QED) is 0.738. The number of aromatic amines is 1. The lowest BCUT2D eigenvalue weighted by atomic mass is 9.96. The molecule has 24 heavy (non-hydrogen) atoms. The third kappa shape index (κ3) is 2.47. The Morgan fingerprint density at radius 1 is 1.21 bits per heavy atom. The smallest absolute Gasteiger partial charge is 0.272 e. The van der Waals surface area contributed by atoms with Gasteiger partial charge in [-0.2, -0.15) is 0 Å². The Kier molecular flexibility index (Phi) is 3.96. The van der Waals surface area contributed by atoms with Gasteiger partial charge in [0.15, 0.2) is 0 Å². The molecule has 2 aromatic heterocycles. The maximum absolute atomic E-state index is 12.5. The minimum Gasteiger partial charge on any atom is -0.497 e. The van der Waals surface area contributed by atoms with Crippen molar-refractivity contribution in [3.8, 4) is 5.75 Å². The number of hydrogen-bond acceptors (Lipinski definition) is 2. The Morgan fingerprint density at radius 2 is 1.96 bits per heavy atom. The summed E-state index contributed by atoms with van der Waals surface area (Å²) in [5.74, 6) is 0.846. The minimum absolute atomic E-state index is 0.0175. The van der Waals surface area contributed by atoms with E-state index in [-0.39, 0.29) is 5.56 Å². The summed E-state index contributed by atoms with van der Waals surface area (Å²) in [7, 11) is 1.67. The van der Waals surface area contributed by atoms with Crippen LogP contribution >= 0.6 is 15.9 Å². The summed E-state index contributed by atoms with van der Waals surface area (Å²) in [6, 6.07) is 8.05. The van der Waals surface area contributed by atoms with Crippen LogP contribution in [-0.4, -0.2) is 16.7 Å². The van der Waals surface area contributed by atoms with Crippen molar-refractivity contribution in [3.05, 3.63) is 62.1 Å². The van der Waals surface area contributed by atoms with Crippen LogP contribution in [0.5, 0.6) is 5.75 Å². The molecule has 5 heteroatoms. The number of ether oxygens (including phenoxy) is 1. The number of aromatic nitrogens is 2. The molecule has 1 aromatic carbocycles. The summed E-state index contributed by atoms with van der Waals surface area (Å²) in [6.45, 7) is 0.704. The average molecular weight is 387 g/mol. The van der Waals surface area contributed by atoms with Crippen molar-refractivity contribution in [1.82, 2.24) is 9.55 Å². The molecule has 0 atom stereocenters. The van der Waals surface area contributed by atoms with Crippen molar-refractivity contribution in [1.29, 1.82) is 0 Å². The number of pyridine rings is 1. The molecule has 1 aliphatic carbocycles. The second-order valence-corrected chi connectivity index (χ2v) is 7.11. The van der Waals surface area contributed by atoms with Crippen molar-refractivity contribution >= 4 is 26.8 Å². The highest BCUT2D eigenvalue weighted by atomic mass is 79.9. The van der Waals surface area contributed by atoms with E-state index in [4.69, 9.17) is 4.74 Å². The molecular weight excluding hydrogens is 368 g/mol. The molecule has 4 nitrogen and oxygen atoms in total. The number of benzene rings is 1. The number of rotatable bonds is 3. The first-order valence-corrected chi connectivity index (χ1v) is 9.02. The Labute approximate surface area is 148 Å². The summed E-state index contributed by atoms with van der Waals surface area (Å²) in [5, 5.41) is 1.09. The van der Waals surface area contributed by atoms with Crippen molar-refractivity contribution in [2.24, 2.45) is 0 Å². The van der Waals surface area contributed by atoms with E-state index in [1.54, 1.807) is 13.3 Å². The van der Waals surface area contributed by atoms with Gasteiger partial charge in [-0.3, -0.25) is 4.79 Å². The van der Waals surface area contributed by atoms with E-state index >= 15 is 0 Å². The summed E-state index contributed by atoms with van der Waals surface area (Å²) in [4.78, 5) is 15.4. The van der Waals surface area contributed by atoms with E-state index in [1.807, 2.05) is 12.1 Å². The van der Waals surface area contributed by atoms with Crippen molar-refractivity contribution in [2.45, 2.75) is 32.2 Å². The molecule has 0 bridgehead atoms. The first kappa shape index (κ1) is 15.5. The van der Waals surface area contributed by atoms with E-state index in [2.05, 4.69) is 37.6 Å². The fourth-order valence-corrected chi connectivity index (χ4v) is 4.26. The normalized spacial score (nSPS) is 13.9. The Balaban J connectivity index is 1.90. The second-order valence-electron chi connectivity index (χ2n) is 6.26. The SMILES string of the molecule is COc1ccc(Cn2c3c(c4c(Br)c[nH]c(=O)c42)CCCC3)cc1.